The van der Waals surface area contributed by atoms with E-state index in [-0.39, 0.29) is 6.10 Å². The maximum absolute atomic E-state index is 9.09. The number of rotatable bonds is 0. The number of aliphatic hydroxyl groups is 1. The monoisotopic (exact) mass is 226 g/mol. The fourth-order valence-electron chi connectivity index (χ4n) is 2.68. The van der Waals surface area contributed by atoms with Gasteiger partial charge in [0.2, 0.25) is 0 Å². The first-order valence-corrected chi connectivity index (χ1v) is 7.36. The first kappa shape index (κ1) is 14.0. The molecule has 0 aromatic heterocycles. The molecule has 0 amide bonds. The van der Waals surface area contributed by atoms with Gasteiger partial charge in [-0.25, -0.2) is 0 Å². The van der Waals surface area contributed by atoms with Gasteiger partial charge in [0.05, 0.1) is 6.10 Å². The molecule has 0 aromatic carbocycles. The Morgan fingerprint density at radius 3 is 1.38 bits per heavy atom. The van der Waals surface area contributed by atoms with Gasteiger partial charge in [-0.2, -0.15) is 0 Å². The van der Waals surface area contributed by atoms with Gasteiger partial charge in [-0.05, 0) is 24.7 Å². The van der Waals surface area contributed by atoms with Crippen LogP contribution in [0.5, 0.6) is 0 Å². The van der Waals surface area contributed by atoms with Gasteiger partial charge in [0, 0.05) is 0 Å². The smallest absolute Gasteiger partial charge is 0.0540 e. The van der Waals surface area contributed by atoms with E-state index < -0.39 is 0 Å². The maximum Gasteiger partial charge on any atom is 0.0540 e. The Balaban J connectivity index is 0.000000160. The molecule has 2 aliphatic rings. The second-order valence-electron chi connectivity index (χ2n) is 6.01. The SMILES string of the molecule is CC1CCC(C)CC1.OC1CCCCCC1. The van der Waals surface area contributed by atoms with Crippen LogP contribution in [0, 0.1) is 11.8 Å². The van der Waals surface area contributed by atoms with Gasteiger partial charge in [-0.1, -0.05) is 65.2 Å². The molecule has 0 heterocycles. The van der Waals surface area contributed by atoms with Crippen LogP contribution < -0.4 is 0 Å². The Morgan fingerprint density at radius 1 is 0.625 bits per heavy atom. The van der Waals surface area contributed by atoms with Crippen molar-refractivity contribution in [2.75, 3.05) is 0 Å². The van der Waals surface area contributed by atoms with E-state index >= 15 is 0 Å². The summed E-state index contributed by atoms with van der Waals surface area (Å²) in [4.78, 5) is 0. The summed E-state index contributed by atoms with van der Waals surface area (Å²) < 4.78 is 0. The Morgan fingerprint density at radius 2 is 1.00 bits per heavy atom. The average Bonchev–Trinajstić information content (AvgIpc) is 2.51. The summed E-state index contributed by atoms with van der Waals surface area (Å²) in [5.41, 5.74) is 0. The van der Waals surface area contributed by atoms with Gasteiger partial charge in [-0.3, -0.25) is 0 Å². The van der Waals surface area contributed by atoms with Crippen LogP contribution in [-0.2, 0) is 0 Å². The lowest BCUT2D eigenvalue weighted by molar-refractivity contribution is 0.157. The Labute approximate surface area is 102 Å². The third-order valence-electron chi connectivity index (χ3n) is 4.13. The van der Waals surface area contributed by atoms with Crippen LogP contribution in [0.15, 0.2) is 0 Å². The van der Waals surface area contributed by atoms with Gasteiger partial charge in [-0.15, -0.1) is 0 Å². The number of hydrogen-bond donors (Lipinski definition) is 1. The van der Waals surface area contributed by atoms with Crippen molar-refractivity contribution in [3.05, 3.63) is 0 Å². The predicted molar refractivity (Wildman–Crippen MR) is 70.5 cm³/mol. The zero-order chi connectivity index (χ0) is 11.8. The van der Waals surface area contributed by atoms with Crippen molar-refractivity contribution in [3.63, 3.8) is 0 Å². The van der Waals surface area contributed by atoms with Crippen molar-refractivity contribution in [3.8, 4) is 0 Å². The molecule has 0 spiro atoms. The minimum Gasteiger partial charge on any atom is -0.393 e. The third kappa shape index (κ3) is 6.52. The summed E-state index contributed by atoms with van der Waals surface area (Å²) in [6, 6.07) is 0. The highest BCUT2D eigenvalue weighted by Gasteiger charge is 2.13. The summed E-state index contributed by atoms with van der Waals surface area (Å²) in [7, 11) is 0. The normalized spacial score (nSPS) is 32.4. The molecule has 0 aliphatic heterocycles. The molecule has 1 heteroatoms. The minimum atomic E-state index is 0.0255. The van der Waals surface area contributed by atoms with Crippen LogP contribution in [0.2, 0.25) is 0 Å². The molecule has 2 aliphatic carbocycles. The molecule has 1 N–H and O–H groups in total. The quantitative estimate of drug-likeness (QED) is 0.601. The lowest BCUT2D eigenvalue weighted by Crippen LogP contribution is -2.08. The largest absolute Gasteiger partial charge is 0.393 e. The molecule has 0 saturated heterocycles. The molecule has 2 saturated carbocycles. The first-order valence-electron chi connectivity index (χ1n) is 7.36. The van der Waals surface area contributed by atoms with Gasteiger partial charge in [0.15, 0.2) is 0 Å². The van der Waals surface area contributed by atoms with Crippen LogP contribution >= 0.6 is 0 Å². The van der Waals surface area contributed by atoms with Crippen LogP contribution in [0.4, 0.5) is 0 Å². The van der Waals surface area contributed by atoms with Gasteiger partial charge >= 0.3 is 0 Å². The summed E-state index contributed by atoms with van der Waals surface area (Å²) in [6.45, 7) is 4.73. The molecule has 0 bridgehead atoms. The van der Waals surface area contributed by atoms with Crippen LogP contribution in [0.1, 0.15) is 78.1 Å². The Hall–Kier alpha value is -0.0400. The molecular formula is C15H30O. The van der Waals surface area contributed by atoms with Crippen molar-refractivity contribution in [2.45, 2.75) is 84.2 Å². The molecule has 2 fully saturated rings. The maximum atomic E-state index is 9.09. The predicted octanol–water partition coefficient (Wildman–Crippen LogP) is 4.53. The minimum absolute atomic E-state index is 0.0255. The summed E-state index contributed by atoms with van der Waals surface area (Å²) in [5.74, 6) is 2.04. The third-order valence-corrected chi connectivity index (χ3v) is 4.13. The molecule has 1 nitrogen and oxygen atoms in total. The van der Waals surface area contributed by atoms with Crippen molar-refractivity contribution >= 4 is 0 Å². The Kier molecular flexibility index (Phi) is 7.11. The van der Waals surface area contributed by atoms with E-state index in [9.17, 15) is 0 Å². The second kappa shape index (κ2) is 8.11. The van der Waals surface area contributed by atoms with Gasteiger partial charge in [0.1, 0.15) is 0 Å². The zero-order valence-corrected chi connectivity index (χ0v) is 11.3. The highest BCUT2D eigenvalue weighted by molar-refractivity contribution is 4.65. The summed E-state index contributed by atoms with van der Waals surface area (Å²) in [5, 5.41) is 9.09. The van der Waals surface area contributed by atoms with E-state index in [1.54, 1.807) is 0 Å². The van der Waals surface area contributed by atoms with Crippen LogP contribution in [-0.4, -0.2) is 11.2 Å². The molecule has 0 unspecified atom stereocenters. The lowest BCUT2D eigenvalue weighted by Gasteiger charge is -2.22. The molecule has 0 atom stereocenters. The summed E-state index contributed by atoms with van der Waals surface area (Å²) in [6.07, 6.45) is 13.1. The van der Waals surface area contributed by atoms with E-state index in [2.05, 4.69) is 13.8 Å². The standard InChI is InChI=1S/C8H16.C7H14O/c1-7-3-5-8(2)6-4-7;8-7-5-3-1-2-4-6-7/h7-8H,3-6H2,1-2H3;7-8H,1-6H2. The molecule has 0 aromatic rings. The topological polar surface area (TPSA) is 20.2 Å². The molecule has 0 radical (unpaired) electrons. The zero-order valence-electron chi connectivity index (χ0n) is 11.3. The van der Waals surface area contributed by atoms with Crippen molar-refractivity contribution in [1.29, 1.82) is 0 Å². The highest BCUT2D eigenvalue weighted by Crippen LogP contribution is 2.27. The fraction of sp³-hybridized carbons (Fsp3) is 1.00. The molecular weight excluding hydrogens is 196 g/mol. The van der Waals surface area contributed by atoms with E-state index in [0.717, 1.165) is 24.7 Å². The van der Waals surface area contributed by atoms with E-state index in [0.29, 0.717) is 0 Å². The van der Waals surface area contributed by atoms with Crippen LogP contribution in [0.3, 0.4) is 0 Å². The molecule has 16 heavy (non-hydrogen) atoms. The molecule has 2 rings (SSSR count). The fourth-order valence-corrected chi connectivity index (χ4v) is 2.68. The van der Waals surface area contributed by atoms with E-state index in [4.69, 9.17) is 5.11 Å². The second-order valence-corrected chi connectivity index (χ2v) is 6.01. The van der Waals surface area contributed by atoms with Crippen molar-refractivity contribution in [1.82, 2.24) is 0 Å². The van der Waals surface area contributed by atoms with Crippen LogP contribution in [0.25, 0.3) is 0 Å². The van der Waals surface area contributed by atoms with E-state index in [1.807, 2.05) is 0 Å². The lowest BCUT2D eigenvalue weighted by atomic mass is 9.84. The number of hydrogen-bond acceptors (Lipinski definition) is 1. The Bertz CT molecular complexity index is 141. The highest BCUT2D eigenvalue weighted by atomic mass is 16.3. The van der Waals surface area contributed by atoms with Crippen molar-refractivity contribution < 1.29 is 5.11 Å². The summed E-state index contributed by atoms with van der Waals surface area (Å²) >= 11 is 0. The average molecular weight is 226 g/mol. The van der Waals surface area contributed by atoms with Gasteiger partial charge in [0.25, 0.3) is 0 Å². The number of aliphatic hydroxyl groups excluding tert-OH is 1. The van der Waals surface area contributed by atoms with Crippen molar-refractivity contribution in [2.24, 2.45) is 11.8 Å². The molecule has 96 valence electrons. The van der Waals surface area contributed by atoms with E-state index in [1.165, 1.54) is 51.4 Å². The van der Waals surface area contributed by atoms with Gasteiger partial charge < -0.3 is 5.11 Å². The first-order chi connectivity index (χ1) is 7.68.